The van der Waals surface area contributed by atoms with Crippen LogP contribution in [0, 0.1) is 0 Å². The Kier molecular flexibility index (Phi) is 9.79. The fourth-order valence-electron chi connectivity index (χ4n) is 0.123. The van der Waals surface area contributed by atoms with E-state index in [0.717, 1.165) is 0 Å². The third-order valence-electron chi connectivity index (χ3n) is 0.268. The molecule has 0 aliphatic rings. The predicted octanol–water partition coefficient (Wildman–Crippen LogP) is 0.545. The summed E-state index contributed by atoms with van der Waals surface area (Å²) in [7, 11) is 0. The van der Waals surface area contributed by atoms with Gasteiger partial charge in [-0.1, -0.05) is 0 Å². The predicted molar refractivity (Wildman–Crippen MR) is 27.6 cm³/mol. The van der Waals surface area contributed by atoms with Gasteiger partial charge in [-0.2, -0.15) is 0 Å². The largest absolute Gasteiger partial charge is 2.00 e. The van der Waals surface area contributed by atoms with Gasteiger partial charge in [0.1, 0.15) is 0 Å². The fraction of sp³-hybridized carbons (Fsp3) is 0.667. The average molecular weight is 132 g/mol. The van der Waals surface area contributed by atoms with Crippen molar-refractivity contribution in [3.63, 3.8) is 0 Å². The molecule has 0 aliphatic carbocycles. The van der Waals surface area contributed by atoms with Crippen molar-refractivity contribution in [3.8, 4) is 0 Å². The molecule has 1 N–H and O–H groups in total. The van der Waals surface area contributed by atoms with Crippen LogP contribution >= 0.6 is 0 Å². The van der Waals surface area contributed by atoms with Gasteiger partial charge in [0.25, 0.3) is 0 Å². The van der Waals surface area contributed by atoms with Crippen molar-refractivity contribution >= 4 is 43.9 Å². The molecule has 0 aromatic carbocycles. The molecule has 7 heavy (non-hydrogen) atoms. The van der Waals surface area contributed by atoms with E-state index in [2.05, 4.69) is 4.74 Å². The number of rotatable bonds is 1. The summed E-state index contributed by atoms with van der Waals surface area (Å²) in [5.41, 5.74) is 0. The summed E-state index contributed by atoms with van der Waals surface area (Å²) in [6, 6.07) is 0. The second-order valence-corrected chi connectivity index (χ2v) is 0.699. The van der Waals surface area contributed by atoms with E-state index in [-0.39, 0.29) is 47.2 Å². The summed E-state index contributed by atoms with van der Waals surface area (Å²) in [6.07, 6.45) is -1.21. The van der Waals surface area contributed by atoms with Gasteiger partial charge in [-0.05, 0) is 6.92 Å². The Morgan fingerprint density at radius 2 is 2.43 bits per heavy atom. The van der Waals surface area contributed by atoms with Gasteiger partial charge in [-0.3, -0.25) is 0 Å². The second-order valence-electron chi connectivity index (χ2n) is 0.699. The quantitative estimate of drug-likeness (QED) is 0.418. The Bertz CT molecular complexity index is 61.0. The molecular formula is C3H8CaO3. The first-order valence-corrected chi connectivity index (χ1v) is 1.63. The van der Waals surface area contributed by atoms with Gasteiger partial charge in [0, 0.05) is 0 Å². The monoisotopic (exact) mass is 132 g/mol. The molecule has 0 saturated carbocycles. The van der Waals surface area contributed by atoms with Crippen molar-refractivity contribution in [1.29, 1.82) is 0 Å². The van der Waals surface area contributed by atoms with Gasteiger partial charge in [0.2, 0.25) is 0 Å². The van der Waals surface area contributed by atoms with E-state index in [4.69, 9.17) is 5.11 Å². The second kappa shape index (κ2) is 6.53. The van der Waals surface area contributed by atoms with E-state index < -0.39 is 6.16 Å². The molecule has 0 atom stereocenters. The Hall–Kier alpha value is 0.530. The zero-order valence-electron chi connectivity index (χ0n) is 6.18. The maximum Gasteiger partial charge on any atom is 2.00 e. The molecular weight excluding hydrogens is 124 g/mol. The molecule has 0 rings (SSSR count). The number of ether oxygens (including phenoxy) is 1. The molecule has 0 aromatic heterocycles. The topological polar surface area (TPSA) is 46.5 Å². The average Bonchev–Trinajstić information content (AvgIpc) is 1.35. The molecule has 4 heteroatoms. The van der Waals surface area contributed by atoms with Crippen LogP contribution in [-0.2, 0) is 4.74 Å². The number of hydrogen-bond acceptors (Lipinski definition) is 2. The minimum absolute atomic E-state index is 0. The van der Waals surface area contributed by atoms with E-state index in [9.17, 15) is 4.79 Å². The SMILES string of the molecule is CCOC(=O)O.[Ca+2].[H-].[H-]. The van der Waals surface area contributed by atoms with Gasteiger partial charge in [0.05, 0.1) is 6.61 Å². The van der Waals surface area contributed by atoms with Crippen molar-refractivity contribution in [3.05, 3.63) is 0 Å². The Morgan fingerprint density at radius 3 is 2.43 bits per heavy atom. The normalized spacial score (nSPS) is 6.43. The summed E-state index contributed by atoms with van der Waals surface area (Å²) in [5.74, 6) is 0. The van der Waals surface area contributed by atoms with Crippen LogP contribution in [0.1, 0.15) is 9.78 Å². The molecule has 0 fully saturated rings. The minimum Gasteiger partial charge on any atom is -1.00 e. The van der Waals surface area contributed by atoms with Crippen LogP contribution < -0.4 is 0 Å². The van der Waals surface area contributed by atoms with E-state index in [1.807, 2.05) is 0 Å². The molecule has 0 unspecified atom stereocenters. The maximum absolute atomic E-state index is 9.38. The first-order chi connectivity index (χ1) is 2.77. The molecule has 0 aliphatic heterocycles. The first kappa shape index (κ1) is 10.5. The zero-order valence-corrected chi connectivity index (χ0v) is 6.39. The third-order valence-corrected chi connectivity index (χ3v) is 0.268. The Morgan fingerprint density at radius 1 is 2.00 bits per heavy atom. The zero-order chi connectivity index (χ0) is 4.99. The first-order valence-electron chi connectivity index (χ1n) is 1.63. The molecule has 40 valence electrons. The van der Waals surface area contributed by atoms with Crippen LogP contribution in [0.4, 0.5) is 4.79 Å². The Labute approximate surface area is 74.6 Å². The molecule has 0 amide bonds. The molecule has 0 aromatic rings. The van der Waals surface area contributed by atoms with Gasteiger partial charge in [0.15, 0.2) is 0 Å². The van der Waals surface area contributed by atoms with Crippen LogP contribution in [0.3, 0.4) is 0 Å². The van der Waals surface area contributed by atoms with Crippen molar-refractivity contribution in [2.75, 3.05) is 6.61 Å². The number of carbonyl (C=O) groups is 1. The van der Waals surface area contributed by atoms with Crippen LogP contribution in [-0.4, -0.2) is 55.6 Å². The Balaban J connectivity index is -0.0000000417. The van der Waals surface area contributed by atoms with Gasteiger partial charge < -0.3 is 12.7 Å². The van der Waals surface area contributed by atoms with Crippen molar-refractivity contribution < 1.29 is 17.5 Å². The van der Waals surface area contributed by atoms with Crippen LogP contribution in [0.15, 0.2) is 0 Å². The van der Waals surface area contributed by atoms with Crippen molar-refractivity contribution in [1.82, 2.24) is 0 Å². The van der Waals surface area contributed by atoms with Crippen LogP contribution in [0.25, 0.3) is 0 Å². The summed E-state index contributed by atoms with van der Waals surface area (Å²) in [5, 5.41) is 7.69. The summed E-state index contributed by atoms with van der Waals surface area (Å²) in [6.45, 7) is 1.85. The molecule has 0 radical (unpaired) electrons. The van der Waals surface area contributed by atoms with Gasteiger partial charge >= 0.3 is 43.9 Å². The van der Waals surface area contributed by atoms with Gasteiger partial charge in [-0.25, -0.2) is 4.79 Å². The fourth-order valence-corrected chi connectivity index (χ4v) is 0.123. The van der Waals surface area contributed by atoms with Crippen LogP contribution in [0.2, 0.25) is 0 Å². The molecule has 0 spiro atoms. The summed E-state index contributed by atoms with van der Waals surface area (Å²) >= 11 is 0. The van der Waals surface area contributed by atoms with E-state index in [0.29, 0.717) is 0 Å². The minimum atomic E-state index is -1.21. The molecule has 0 heterocycles. The molecule has 3 nitrogen and oxygen atoms in total. The van der Waals surface area contributed by atoms with Crippen LogP contribution in [0.5, 0.6) is 0 Å². The summed E-state index contributed by atoms with van der Waals surface area (Å²) in [4.78, 5) is 9.38. The van der Waals surface area contributed by atoms with Gasteiger partial charge in [-0.15, -0.1) is 0 Å². The number of hydrogen-bond donors (Lipinski definition) is 1. The third kappa shape index (κ3) is 10.8. The molecule has 0 bridgehead atoms. The summed E-state index contributed by atoms with van der Waals surface area (Å²) < 4.78 is 3.96. The standard InChI is InChI=1S/C3H6O3.Ca.2H/c1-2-6-3(4)5;;;/h2H2,1H3,(H,4,5);;;/q;+2;2*-1. The van der Waals surface area contributed by atoms with E-state index >= 15 is 0 Å². The van der Waals surface area contributed by atoms with E-state index in [1.165, 1.54) is 0 Å². The van der Waals surface area contributed by atoms with Crippen molar-refractivity contribution in [2.45, 2.75) is 6.92 Å². The van der Waals surface area contributed by atoms with E-state index in [1.54, 1.807) is 6.92 Å². The smallest absolute Gasteiger partial charge is 1.00 e. The molecule has 0 saturated heterocycles. The van der Waals surface area contributed by atoms with Crippen molar-refractivity contribution in [2.24, 2.45) is 0 Å². The number of carboxylic acid groups (broad SMARTS) is 1. The maximum atomic E-state index is 9.38.